The van der Waals surface area contributed by atoms with Crippen molar-refractivity contribution in [1.29, 1.82) is 0 Å². The number of carbonyl (C=O) groups is 1. The van der Waals surface area contributed by atoms with Crippen LogP contribution in [0.2, 0.25) is 5.02 Å². The van der Waals surface area contributed by atoms with E-state index in [1.807, 2.05) is 49.4 Å². The molecule has 1 aliphatic heterocycles. The number of rotatable bonds is 9. The van der Waals surface area contributed by atoms with Crippen molar-refractivity contribution >= 4 is 17.5 Å². The topological polar surface area (TPSA) is 56.8 Å². The van der Waals surface area contributed by atoms with Crippen molar-refractivity contribution < 1.29 is 19.0 Å². The summed E-state index contributed by atoms with van der Waals surface area (Å²) in [5.74, 6) is 0.425. The normalized spacial score (nSPS) is 15.7. The van der Waals surface area contributed by atoms with Gasteiger partial charge in [0.05, 0.1) is 12.2 Å². The molecule has 0 bridgehead atoms. The van der Waals surface area contributed by atoms with Gasteiger partial charge in [-0.2, -0.15) is 0 Å². The average Bonchev–Trinajstić information content (AvgIpc) is 2.76. The molecule has 29 heavy (non-hydrogen) atoms. The van der Waals surface area contributed by atoms with Crippen LogP contribution in [-0.2, 0) is 14.9 Å². The number of hydrogen-bond acceptors (Lipinski definition) is 4. The van der Waals surface area contributed by atoms with Crippen molar-refractivity contribution in [2.24, 2.45) is 0 Å². The van der Waals surface area contributed by atoms with Crippen LogP contribution in [0.4, 0.5) is 0 Å². The number of halogens is 1. The van der Waals surface area contributed by atoms with E-state index in [0.717, 1.165) is 12.8 Å². The van der Waals surface area contributed by atoms with Crippen molar-refractivity contribution in [2.75, 3.05) is 39.6 Å². The van der Waals surface area contributed by atoms with E-state index < -0.39 is 0 Å². The third kappa shape index (κ3) is 5.72. The van der Waals surface area contributed by atoms with Crippen molar-refractivity contribution in [3.8, 4) is 5.75 Å². The molecular formula is C23H28ClNO4. The molecule has 156 valence electrons. The van der Waals surface area contributed by atoms with Gasteiger partial charge in [-0.25, -0.2) is 0 Å². The van der Waals surface area contributed by atoms with E-state index in [-0.39, 0.29) is 11.3 Å². The molecule has 0 atom stereocenters. The molecule has 5 nitrogen and oxygen atoms in total. The second kappa shape index (κ2) is 10.6. The second-order valence-electron chi connectivity index (χ2n) is 7.12. The molecule has 1 heterocycles. The molecule has 3 rings (SSSR count). The predicted octanol–water partition coefficient (Wildman–Crippen LogP) is 4.23. The Morgan fingerprint density at radius 1 is 1.10 bits per heavy atom. The Hall–Kier alpha value is -2.08. The highest BCUT2D eigenvalue weighted by Gasteiger charge is 2.35. The van der Waals surface area contributed by atoms with Gasteiger partial charge in [-0.1, -0.05) is 35.9 Å². The molecule has 0 aromatic heterocycles. The van der Waals surface area contributed by atoms with Gasteiger partial charge in [0.25, 0.3) is 5.91 Å². The van der Waals surface area contributed by atoms with Gasteiger partial charge < -0.3 is 19.5 Å². The maximum atomic E-state index is 12.9. The molecule has 0 spiro atoms. The zero-order valence-electron chi connectivity index (χ0n) is 16.8. The van der Waals surface area contributed by atoms with E-state index in [1.165, 1.54) is 5.56 Å². The monoisotopic (exact) mass is 417 g/mol. The number of benzene rings is 2. The Morgan fingerprint density at radius 3 is 2.55 bits per heavy atom. The van der Waals surface area contributed by atoms with Crippen LogP contribution in [0.15, 0.2) is 48.5 Å². The third-order valence-electron chi connectivity index (χ3n) is 5.31. The Balaban J connectivity index is 1.70. The first-order valence-electron chi connectivity index (χ1n) is 10.1. The van der Waals surface area contributed by atoms with Gasteiger partial charge in [0.2, 0.25) is 0 Å². The fourth-order valence-corrected chi connectivity index (χ4v) is 3.74. The molecule has 0 unspecified atom stereocenters. The number of hydrogen-bond donors (Lipinski definition) is 1. The first kappa shape index (κ1) is 21.6. The Bertz CT molecular complexity index is 788. The van der Waals surface area contributed by atoms with E-state index in [1.54, 1.807) is 6.07 Å². The molecule has 1 saturated heterocycles. The zero-order chi connectivity index (χ0) is 20.5. The number of ether oxygens (including phenoxy) is 3. The van der Waals surface area contributed by atoms with Crippen molar-refractivity contribution in [2.45, 2.75) is 25.2 Å². The summed E-state index contributed by atoms with van der Waals surface area (Å²) in [6, 6.07) is 15.2. The number of nitrogens with one attached hydrogen (secondary N) is 1. The molecule has 0 saturated carbocycles. The first-order valence-corrected chi connectivity index (χ1v) is 10.4. The van der Waals surface area contributed by atoms with E-state index in [4.69, 9.17) is 25.8 Å². The minimum Gasteiger partial charge on any atom is -0.490 e. The van der Waals surface area contributed by atoms with Gasteiger partial charge in [-0.05, 0) is 49.6 Å². The van der Waals surface area contributed by atoms with Gasteiger partial charge >= 0.3 is 0 Å². The maximum Gasteiger partial charge on any atom is 0.255 e. The Kier molecular flexibility index (Phi) is 7.92. The summed E-state index contributed by atoms with van der Waals surface area (Å²) in [7, 11) is 0. The Morgan fingerprint density at radius 2 is 1.83 bits per heavy atom. The predicted molar refractivity (Wildman–Crippen MR) is 114 cm³/mol. The highest BCUT2D eigenvalue weighted by atomic mass is 35.5. The van der Waals surface area contributed by atoms with Crippen LogP contribution in [0.1, 0.15) is 35.7 Å². The largest absolute Gasteiger partial charge is 0.490 e. The number of carbonyl (C=O) groups excluding carboxylic acids is 1. The van der Waals surface area contributed by atoms with Crippen LogP contribution in [0.25, 0.3) is 0 Å². The molecule has 1 aliphatic rings. The molecular weight excluding hydrogens is 390 g/mol. The minimum absolute atomic E-state index is 0.142. The zero-order valence-corrected chi connectivity index (χ0v) is 17.5. The summed E-state index contributed by atoms with van der Waals surface area (Å²) in [6.07, 6.45) is 1.70. The summed E-state index contributed by atoms with van der Waals surface area (Å²) < 4.78 is 16.6. The second-order valence-corrected chi connectivity index (χ2v) is 7.56. The van der Waals surface area contributed by atoms with Gasteiger partial charge in [0.1, 0.15) is 12.4 Å². The van der Waals surface area contributed by atoms with E-state index in [0.29, 0.717) is 55.9 Å². The fourth-order valence-electron chi connectivity index (χ4n) is 3.61. The lowest BCUT2D eigenvalue weighted by Crippen LogP contribution is -2.44. The highest BCUT2D eigenvalue weighted by molar-refractivity contribution is 6.30. The van der Waals surface area contributed by atoms with Crippen molar-refractivity contribution in [1.82, 2.24) is 5.32 Å². The van der Waals surface area contributed by atoms with E-state index in [9.17, 15) is 4.79 Å². The van der Waals surface area contributed by atoms with Crippen molar-refractivity contribution in [3.63, 3.8) is 0 Å². The first-order chi connectivity index (χ1) is 14.1. The van der Waals surface area contributed by atoms with Crippen LogP contribution >= 0.6 is 11.6 Å². The van der Waals surface area contributed by atoms with Gasteiger partial charge in [0.15, 0.2) is 0 Å². The molecule has 6 heteroatoms. The SMILES string of the molecule is CCOCCOc1ccccc1C(=O)NCC1(c2ccc(Cl)cc2)CCOCC1. The van der Waals surface area contributed by atoms with E-state index in [2.05, 4.69) is 5.32 Å². The maximum absolute atomic E-state index is 12.9. The summed E-state index contributed by atoms with van der Waals surface area (Å²) in [6.45, 7) is 5.36. The van der Waals surface area contributed by atoms with Crippen LogP contribution in [0.5, 0.6) is 5.75 Å². The summed E-state index contributed by atoms with van der Waals surface area (Å²) in [4.78, 5) is 12.9. The lowest BCUT2D eigenvalue weighted by molar-refractivity contribution is 0.0486. The smallest absolute Gasteiger partial charge is 0.255 e. The number of para-hydroxylation sites is 1. The Labute approximate surface area is 177 Å². The van der Waals surface area contributed by atoms with Crippen molar-refractivity contribution in [3.05, 3.63) is 64.7 Å². The highest BCUT2D eigenvalue weighted by Crippen LogP contribution is 2.35. The molecule has 2 aromatic rings. The molecule has 1 fully saturated rings. The van der Waals surface area contributed by atoms with Gasteiger partial charge in [-0.3, -0.25) is 4.79 Å². The number of amides is 1. The molecule has 2 aromatic carbocycles. The standard InChI is InChI=1S/C23H28ClNO4/c1-2-27-15-16-29-21-6-4-3-5-20(21)22(26)25-17-23(11-13-28-14-12-23)18-7-9-19(24)10-8-18/h3-10H,2,11-17H2,1H3,(H,25,26). The minimum atomic E-state index is -0.163. The third-order valence-corrected chi connectivity index (χ3v) is 5.57. The summed E-state index contributed by atoms with van der Waals surface area (Å²) in [5, 5.41) is 3.83. The van der Waals surface area contributed by atoms with Gasteiger partial charge in [0, 0.05) is 36.8 Å². The lowest BCUT2D eigenvalue weighted by atomic mass is 9.74. The van der Waals surface area contributed by atoms with Crippen LogP contribution in [0, 0.1) is 0 Å². The molecule has 0 radical (unpaired) electrons. The van der Waals surface area contributed by atoms with Crippen LogP contribution in [0.3, 0.4) is 0 Å². The fraction of sp³-hybridized carbons (Fsp3) is 0.435. The molecule has 0 aliphatic carbocycles. The summed E-state index contributed by atoms with van der Waals surface area (Å²) >= 11 is 6.07. The van der Waals surface area contributed by atoms with Crippen LogP contribution < -0.4 is 10.1 Å². The van der Waals surface area contributed by atoms with Gasteiger partial charge in [-0.15, -0.1) is 0 Å². The quantitative estimate of drug-likeness (QED) is 0.620. The lowest BCUT2D eigenvalue weighted by Gasteiger charge is -2.38. The molecule has 1 amide bonds. The molecule has 1 N–H and O–H groups in total. The average molecular weight is 418 g/mol. The van der Waals surface area contributed by atoms with E-state index >= 15 is 0 Å². The summed E-state index contributed by atoms with van der Waals surface area (Å²) in [5.41, 5.74) is 1.54. The van der Waals surface area contributed by atoms with Crippen LogP contribution in [-0.4, -0.2) is 45.5 Å².